The molecule has 0 radical (unpaired) electrons. The Hall–Kier alpha value is -2.13. The lowest BCUT2D eigenvalue weighted by Gasteiger charge is -2.29. The van der Waals surface area contributed by atoms with Gasteiger partial charge in [0.25, 0.3) is 0 Å². The number of amides is 1. The highest BCUT2D eigenvalue weighted by Gasteiger charge is 2.22. The van der Waals surface area contributed by atoms with E-state index in [0.29, 0.717) is 19.5 Å². The Bertz CT molecular complexity index is 655. The van der Waals surface area contributed by atoms with E-state index in [1.165, 1.54) is 16.7 Å². The van der Waals surface area contributed by atoms with Crippen molar-refractivity contribution in [3.63, 3.8) is 0 Å². The molecule has 0 saturated heterocycles. The molecular formula is C19H22N2O. The van der Waals surface area contributed by atoms with Crippen LogP contribution in [0.5, 0.6) is 0 Å². The summed E-state index contributed by atoms with van der Waals surface area (Å²) in [6.45, 7) is 1.06. The smallest absolute Gasteiger partial charge is 0.228 e. The predicted octanol–water partition coefficient (Wildman–Crippen LogP) is 3.13. The number of anilines is 1. The van der Waals surface area contributed by atoms with E-state index in [1.54, 1.807) is 0 Å². The van der Waals surface area contributed by atoms with Gasteiger partial charge in [0.15, 0.2) is 0 Å². The van der Waals surface area contributed by atoms with Crippen LogP contribution in [0.3, 0.4) is 0 Å². The molecule has 22 heavy (non-hydrogen) atoms. The normalized spacial score (nSPS) is 17.4. The number of allylic oxidation sites excluding steroid dienone is 5. The number of hydrogen-bond donors (Lipinski definition) is 1. The third-order valence-corrected chi connectivity index (χ3v) is 4.32. The lowest BCUT2D eigenvalue weighted by Crippen LogP contribution is -2.35. The van der Waals surface area contributed by atoms with Crippen LogP contribution >= 0.6 is 0 Å². The molecule has 3 rings (SSSR count). The molecule has 3 nitrogen and oxygen atoms in total. The minimum Gasteiger partial charge on any atom is -0.330 e. The number of fused-ring (bicyclic) bond motifs is 1. The number of benzene rings is 1. The number of para-hydroxylation sites is 1. The van der Waals surface area contributed by atoms with E-state index in [4.69, 9.17) is 5.73 Å². The van der Waals surface area contributed by atoms with Crippen molar-refractivity contribution in [2.45, 2.75) is 25.7 Å². The number of hydrogen-bond acceptors (Lipinski definition) is 2. The topological polar surface area (TPSA) is 46.3 Å². The van der Waals surface area contributed by atoms with Crippen LogP contribution in [0.15, 0.2) is 59.7 Å². The minimum absolute atomic E-state index is 0.112. The molecule has 2 aliphatic rings. The lowest BCUT2D eigenvalue weighted by atomic mass is 9.94. The Labute approximate surface area is 131 Å². The van der Waals surface area contributed by atoms with Gasteiger partial charge in [0.1, 0.15) is 0 Å². The second-order valence-electron chi connectivity index (χ2n) is 5.77. The third kappa shape index (κ3) is 3.04. The first-order valence-electron chi connectivity index (χ1n) is 7.92. The second kappa shape index (κ2) is 6.75. The Kier molecular flexibility index (Phi) is 4.54. The van der Waals surface area contributed by atoms with Crippen molar-refractivity contribution in [2.75, 3.05) is 18.0 Å². The molecule has 0 fully saturated rings. The molecule has 0 aromatic heterocycles. The second-order valence-corrected chi connectivity index (χ2v) is 5.77. The van der Waals surface area contributed by atoms with Crippen LogP contribution in [0.1, 0.15) is 24.8 Å². The van der Waals surface area contributed by atoms with Gasteiger partial charge in [-0.05, 0) is 42.0 Å². The monoisotopic (exact) mass is 294 g/mol. The van der Waals surface area contributed by atoms with Gasteiger partial charge in [0.05, 0.1) is 0 Å². The van der Waals surface area contributed by atoms with Gasteiger partial charge >= 0.3 is 0 Å². The molecule has 1 aromatic rings. The number of rotatable bonds is 2. The molecule has 1 heterocycles. The Morgan fingerprint density at radius 3 is 2.91 bits per heavy atom. The summed E-state index contributed by atoms with van der Waals surface area (Å²) in [5.41, 5.74) is 10.6. The molecule has 1 amide bonds. The first-order valence-corrected chi connectivity index (χ1v) is 7.92. The van der Waals surface area contributed by atoms with E-state index in [2.05, 4.69) is 36.4 Å². The molecular weight excluding hydrogens is 272 g/mol. The van der Waals surface area contributed by atoms with Crippen LogP contribution in [0.2, 0.25) is 0 Å². The zero-order valence-corrected chi connectivity index (χ0v) is 12.8. The van der Waals surface area contributed by atoms with Gasteiger partial charge in [-0.1, -0.05) is 42.5 Å². The lowest BCUT2D eigenvalue weighted by molar-refractivity contribution is -0.118. The predicted molar refractivity (Wildman–Crippen MR) is 90.7 cm³/mol. The zero-order chi connectivity index (χ0) is 15.4. The average molecular weight is 294 g/mol. The maximum atomic E-state index is 12.6. The van der Waals surface area contributed by atoms with Crippen molar-refractivity contribution in [3.8, 4) is 0 Å². The van der Waals surface area contributed by atoms with Gasteiger partial charge in [0, 0.05) is 25.2 Å². The molecule has 1 aromatic carbocycles. The highest BCUT2D eigenvalue weighted by molar-refractivity contribution is 5.94. The van der Waals surface area contributed by atoms with Crippen molar-refractivity contribution in [3.05, 3.63) is 65.3 Å². The Morgan fingerprint density at radius 2 is 2.05 bits per heavy atom. The summed E-state index contributed by atoms with van der Waals surface area (Å²) in [6.07, 6.45) is 11.8. The SMILES string of the molecule is NCCC(=O)N1CC2=C(C=CC=CC2)CCc2ccccc21. The molecule has 114 valence electrons. The standard InChI is InChI=1S/C19H22N2O/c20-13-12-19(22)21-14-17-8-3-1-2-6-15(17)10-11-16-7-4-5-9-18(16)21/h1-7,9H,8,10-14,20H2. The van der Waals surface area contributed by atoms with Crippen LogP contribution < -0.4 is 10.6 Å². The van der Waals surface area contributed by atoms with Gasteiger partial charge in [-0.2, -0.15) is 0 Å². The summed E-state index contributed by atoms with van der Waals surface area (Å²) >= 11 is 0. The number of carbonyl (C=O) groups is 1. The van der Waals surface area contributed by atoms with Crippen molar-refractivity contribution >= 4 is 11.6 Å². The molecule has 0 bridgehead atoms. The molecule has 3 heteroatoms. The number of carbonyl (C=O) groups excluding carboxylic acids is 1. The maximum absolute atomic E-state index is 12.6. The van der Waals surface area contributed by atoms with Crippen molar-refractivity contribution in [2.24, 2.45) is 5.73 Å². The van der Waals surface area contributed by atoms with Crippen molar-refractivity contribution in [1.82, 2.24) is 0 Å². The number of aryl methyl sites for hydroxylation is 1. The summed E-state index contributed by atoms with van der Waals surface area (Å²) in [5, 5.41) is 0. The average Bonchev–Trinajstić information content (AvgIpc) is 2.74. The quantitative estimate of drug-likeness (QED) is 0.911. The molecule has 0 atom stereocenters. The first kappa shape index (κ1) is 14.8. The Morgan fingerprint density at radius 1 is 1.18 bits per heavy atom. The molecule has 0 unspecified atom stereocenters. The summed E-state index contributed by atoms with van der Waals surface area (Å²) in [6, 6.07) is 8.23. The van der Waals surface area contributed by atoms with Gasteiger partial charge in [-0.15, -0.1) is 0 Å². The Balaban J connectivity index is 2.01. The van der Waals surface area contributed by atoms with Gasteiger partial charge < -0.3 is 10.6 Å². The third-order valence-electron chi connectivity index (χ3n) is 4.32. The van der Waals surface area contributed by atoms with Crippen LogP contribution in [0, 0.1) is 0 Å². The van der Waals surface area contributed by atoms with Gasteiger partial charge in [-0.25, -0.2) is 0 Å². The van der Waals surface area contributed by atoms with Crippen molar-refractivity contribution in [1.29, 1.82) is 0 Å². The highest BCUT2D eigenvalue weighted by Crippen LogP contribution is 2.30. The van der Waals surface area contributed by atoms with E-state index in [1.807, 2.05) is 17.0 Å². The molecule has 0 saturated carbocycles. The van der Waals surface area contributed by atoms with Crippen LogP contribution in [-0.4, -0.2) is 19.0 Å². The number of nitrogens with zero attached hydrogens (tertiary/aromatic N) is 1. The van der Waals surface area contributed by atoms with Crippen molar-refractivity contribution < 1.29 is 4.79 Å². The summed E-state index contributed by atoms with van der Waals surface area (Å²) < 4.78 is 0. The fourth-order valence-electron chi connectivity index (χ4n) is 3.15. The summed E-state index contributed by atoms with van der Waals surface area (Å²) in [7, 11) is 0. The first-order chi connectivity index (χ1) is 10.8. The fraction of sp³-hybridized carbons (Fsp3) is 0.316. The largest absolute Gasteiger partial charge is 0.330 e. The molecule has 1 aliphatic carbocycles. The fourth-order valence-corrected chi connectivity index (χ4v) is 3.15. The van der Waals surface area contributed by atoms with Gasteiger partial charge in [0.2, 0.25) is 5.91 Å². The molecule has 0 spiro atoms. The molecule has 1 aliphatic heterocycles. The van der Waals surface area contributed by atoms with Crippen LogP contribution in [0.25, 0.3) is 0 Å². The van der Waals surface area contributed by atoms with Gasteiger partial charge in [-0.3, -0.25) is 4.79 Å². The minimum atomic E-state index is 0.112. The van der Waals surface area contributed by atoms with E-state index < -0.39 is 0 Å². The van der Waals surface area contributed by atoms with E-state index >= 15 is 0 Å². The maximum Gasteiger partial charge on any atom is 0.228 e. The van der Waals surface area contributed by atoms with Crippen LogP contribution in [0.4, 0.5) is 5.69 Å². The number of nitrogens with two attached hydrogens (primary N) is 1. The van der Waals surface area contributed by atoms with E-state index in [9.17, 15) is 4.79 Å². The summed E-state index contributed by atoms with van der Waals surface area (Å²) in [4.78, 5) is 14.5. The molecule has 2 N–H and O–H groups in total. The van der Waals surface area contributed by atoms with E-state index in [-0.39, 0.29) is 5.91 Å². The van der Waals surface area contributed by atoms with Crippen LogP contribution in [-0.2, 0) is 11.2 Å². The highest BCUT2D eigenvalue weighted by atomic mass is 16.2. The zero-order valence-electron chi connectivity index (χ0n) is 12.8. The van der Waals surface area contributed by atoms with E-state index in [0.717, 1.165) is 24.9 Å². The summed E-state index contributed by atoms with van der Waals surface area (Å²) in [5.74, 6) is 0.112.